The minimum absolute atomic E-state index is 0.249. The van der Waals surface area contributed by atoms with Crippen molar-refractivity contribution >= 4 is 23.4 Å². The Morgan fingerprint density at radius 2 is 1.88 bits per heavy atom. The van der Waals surface area contributed by atoms with Crippen molar-refractivity contribution in [2.24, 2.45) is 11.8 Å². The van der Waals surface area contributed by atoms with Crippen LogP contribution in [0.25, 0.3) is 0 Å². The van der Waals surface area contributed by atoms with Crippen LogP contribution in [-0.2, 0) is 19.9 Å². The normalized spacial score (nSPS) is 33.9. The van der Waals surface area contributed by atoms with Crippen molar-refractivity contribution in [3.05, 3.63) is 29.6 Å². The molecule has 7 heteroatoms. The molecular formula is C18H21FN3O3+. The van der Waals surface area contributed by atoms with Gasteiger partial charge >= 0.3 is 0 Å². The third-order valence-corrected chi connectivity index (χ3v) is 5.66. The maximum absolute atomic E-state index is 13.9. The van der Waals surface area contributed by atoms with Crippen LogP contribution in [0, 0.1) is 17.7 Å². The van der Waals surface area contributed by atoms with Crippen LogP contribution >= 0.6 is 0 Å². The van der Waals surface area contributed by atoms with Crippen LogP contribution in [0.3, 0.4) is 0 Å². The summed E-state index contributed by atoms with van der Waals surface area (Å²) in [5.74, 6) is -2.84. The van der Waals surface area contributed by atoms with Gasteiger partial charge in [0, 0.05) is 11.1 Å². The van der Waals surface area contributed by atoms with Crippen LogP contribution in [0.1, 0.15) is 33.3 Å². The Bertz CT molecular complexity index is 831. The van der Waals surface area contributed by atoms with Crippen molar-refractivity contribution in [1.82, 2.24) is 4.90 Å². The molecule has 0 aliphatic carbocycles. The van der Waals surface area contributed by atoms with Crippen LogP contribution in [0.2, 0.25) is 0 Å². The highest BCUT2D eigenvalue weighted by molar-refractivity contribution is 6.14. The van der Waals surface area contributed by atoms with Crippen molar-refractivity contribution in [2.45, 2.75) is 44.8 Å². The van der Waals surface area contributed by atoms with E-state index < -0.39 is 28.7 Å². The van der Waals surface area contributed by atoms with E-state index in [0.29, 0.717) is 11.3 Å². The number of fused-ring (bicyclic) bond motifs is 4. The summed E-state index contributed by atoms with van der Waals surface area (Å²) in [6.45, 7) is 7.24. The Balaban J connectivity index is 1.92. The number of hydrogen-bond donors (Lipinski definition) is 2. The second-order valence-electron chi connectivity index (χ2n) is 8.22. The standard InChI is InChI=1S/C18H20FN3O3/c1-8-12-13(15(24)22(14(12)23)17(2,3)4)18(21-8)10-7-9(19)5-6-11(10)20-16(18)25/h5-8,12-13,21H,1-4H3,(H,20,25)/p+1/t8-,12+,13-,18+/m0/s1. The molecule has 2 fully saturated rings. The summed E-state index contributed by atoms with van der Waals surface area (Å²) in [5, 5.41) is 4.52. The number of nitrogens with two attached hydrogens (primary N) is 1. The third kappa shape index (κ3) is 1.84. The van der Waals surface area contributed by atoms with Gasteiger partial charge in [-0.05, 0) is 45.9 Å². The first-order chi connectivity index (χ1) is 11.6. The van der Waals surface area contributed by atoms with E-state index in [-0.39, 0.29) is 23.8 Å². The van der Waals surface area contributed by atoms with Crippen molar-refractivity contribution in [2.75, 3.05) is 5.32 Å². The molecule has 0 radical (unpaired) electrons. The number of likely N-dealkylation sites (tertiary alicyclic amines) is 1. The molecule has 0 unspecified atom stereocenters. The van der Waals surface area contributed by atoms with Gasteiger partial charge in [-0.2, -0.15) is 0 Å². The number of quaternary nitrogens is 1. The first kappa shape index (κ1) is 16.2. The summed E-state index contributed by atoms with van der Waals surface area (Å²) in [4.78, 5) is 40.4. The number of amides is 3. The van der Waals surface area contributed by atoms with Crippen molar-refractivity contribution in [3.8, 4) is 0 Å². The maximum Gasteiger partial charge on any atom is 0.291 e. The van der Waals surface area contributed by atoms with E-state index in [0.717, 1.165) is 0 Å². The number of hydrogen-bond acceptors (Lipinski definition) is 3. The van der Waals surface area contributed by atoms with E-state index in [4.69, 9.17) is 0 Å². The monoisotopic (exact) mass is 346 g/mol. The van der Waals surface area contributed by atoms with Crippen LogP contribution < -0.4 is 10.6 Å². The topological polar surface area (TPSA) is 83.1 Å². The van der Waals surface area contributed by atoms with Gasteiger partial charge in [0.2, 0.25) is 17.4 Å². The Kier molecular flexibility index (Phi) is 3.02. The fourth-order valence-electron chi connectivity index (χ4n) is 4.77. The molecule has 4 atom stereocenters. The van der Waals surface area contributed by atoms with Gasteiger partial charge in [-0.1, -0.05) is 0 Å². The fourth-order valence-corrected chi connectivity index (χ4v) is 4.77. The summed E-state index contributed by atoms with van der Waals surface area (Å²) in [6, 6.07) is 3.83. The van der Waals surface area contributed by atoms with Gasteiger partial charge in [-0.25, -0.2) is 4.39 Å². The average Bonchev–Trinajstić information content (AvgIpc) is 3.04. The molecule has 3 aliphatic rings. The summed E-state index contributed by atoms with van der Waals surface area (Å²) >= 11 is 0. The van der Waals surface area contributed by atoms with Gasteiger partial charge in [-0.3, -0.25) is 19.3 Å². The lowest BCUT2D eigenvalue weighted by molar-refractivity contribution is -0.730. The Morgan fingerprint density at radius 1 is 1.20 bits per heavy atom. The van der Waals surface area contributed by atoms with E-state index in [1.165, 1.54) is 23.1 Å². The van der Waals surface area contributed by atoms with E-state index in [1.54, 1.807) is 26.1 Å². The molecule has 1 aromatic carbocycles. The average molecular weight is 346 g/mol. The molecule has 3 aliphatic heterocycles. The van der Waals surface area contributed by atoms with Gasteiger partial charge in [0.1, 0.15) is 17.7 Å². The molecule has 132 valence electrons. The van der Waals surface area contributed by atoms with E-state index in [1.807, 2.05) is 6.92 Å². The largest absolute Gasteiger partial charge is 0.326 e. The summed E-state index contributed by atoms with van der Waals surface area (Å²) in [7, 11) is 0. The Hall–Kier alpha value is -2.28. The highest BCUT2D eigenvalue weighted by Gasteiger charge is 2.74. The summed E-state index contributed by atoms with van der Waals surface area (Å²) in [6.07, 6.45) is 0. The molecule has 0 bridgehead atoms. The van der Waals surface area contributed by atoms with Gasteiger partial charge < -0.3 is 10.6 Å². The van der Waals surface area contributed by atoms with Crippen LogP contribution in [-0.4, -0.2) is 34.2 Å². The zero-order valence-electron chi connectivity index (χ0n) is 14.6. The summed E-state index contributed by atoms with van der Waals surface area (Å²) < 4.78 is 13.9. The predicted molar refractivity (Wildman–Crippen MR) is 86.7 cm³/mol. The minimum Gasteiger partial charge on any atom is -0.326 e. The molecule has 1 spiro atoms. The third-order valence-electron chi connectivity index (χ3n) is 5.66. The highest BCUT2D eigenvalue weighted by Crippen LogP contribution is 2.50. The molecule has 3 heterocycles. The number of anilines is 1. The van der Waals surface area contributed by atoms with Crippen LogP contribution in [0.5, 0.6) is 0 Å². The molecule has 3 N–H and O–H groups in total. The molecule has 0 saturated carbocycles. The SMILES string of the molecule is C[C@@H]1[NH2+][C@@]2(C(=O)Nc3ccc(F)cc32)[C@@H]2C(=O)N(C(C)(C)C)C(=O)[C@H]12. The molecule has 2 saturated heterocycles. The number of imide groups is 1. The molecule has 0 aromatic heterocycles. The molecule has 25 heavy (non-hydrogen) atoms. The van der Waals surface area contributed by atoms with E-state index >= 15 is 0 Å². The quantitative estimate of drug-likeness (QED) is 0.665. The number of rotatable bonds is 0. The van der Waals surface area contributed by atoms with Crippen molar-refractivity contribution in [1.29, 1.82) is 0 Å². The van der Waals surface area contributed by atoms with Gasteiger partial charge in [0.15, 0.2) is 0 Å². The van der Waals surface area contributed by atoms with Gasteiger partial charge in [0.05, 0.1) is 11.7 Å². The zero-order valence-corrected chi connectivity index (χ0v) is 14.6. The van der Waals surface area contributed by atoms with E-state index in [2.05, 4.69) is 5.32 Å². The lowest BCUT2D eigenvalue weighted by atomic mass is 9.76. The Morgan fingerprint density at radius 3 is 2.52 bits per heavy atom. The number of carbonyl (C=O) groups excluding carboxylic acids is 3. The second kappa shape index (κ2) is 4.66. The van der Waals surface area contributed by atoms with Gasteiger partial charge in [-0.15, -0.1) is 0 Å². The maximum atomic E-state index is 13.9. The van der Waals surface area contributed by atoms with Crippen molar-refractivity contribution < 1.29 is 24.1 Å². The molecular weight excluding hydrogens is 325 g/mol. The number of benzene rings is 1. The predicted octanol–water partition coefficient (Wildman–Crippen LogP) is 0.338. The molecule has 3 amide bonds. The summed E-state index contributed by atoms with van der Waals surface area (Å²) in [5.41, 5.74) is -0.994. The van der Waals surface area contributed by atoms with Crippen molar-refractivity contribution in [3.63, 3.8) is 0 Å². The second-order valence-corrected chi connectivity index (χ2v) is 8.22. The smallest absolute Gasteiger partial charge is 0.291 e. The fraction of sp³-hybridized carbons (Fsp3) is 0.500. The first-order valence-electron chi connectivity index (χ1n) is 8.44. The number of halogens is 1. The Labute approximate surface area is 144 Å². The first-order valence-corrected chi connectivity index (χ1v) is 8.44. The van der Waals surface area contributed by atoms with Gasteiger partial charge in [0.25, 0.3) is 5.91 Å². The van der Waals surface area contributed by atoms with E-state index in [9.17, 15) is 18.8 Å². The number of nitrogens with zero attached hydrogens (tertiary/aromatic N) is 1. The number of nitrogens with one attached hydrogen (secondary N) is 1. The lowest BCUT2D eigenvalue weighted by Crippen LogP contribution is -2.98. The number of carbonyl (C=O) groups is 3. The zero-order chi connectivity index (χ0) is 18.3. The molecule has 4 rings (SSSR count). The van der Waals surface area contributed by atoms with Crippen LogP contribution in [0.4, 0.5) is 10.1 Å². The minimum atomic E-state index is -1.28. The molecule has 6 nitrogen and oxygen atoms in total. The molecule has 1 aromatic rings. The highest BCUT2D eigenvalue weighted by atomic mass is 19.1. The van der Waals surface area contributed by atoms with Crippen LogP contribution in [0.15, 0.2) is 18.2 Å². The lowest BCUT2D eigenvalue weighted by Gasteiger charge is -2.33.